The fraction of sp³-hybridized carbons (Fsp3) is 0.167. The van der Waals surface area contributed by atoms with Gasteiger partial charge in [-0.1, -0.05) is 0 Å². The van der Waals surface area contributed by atoms with Gasteiger partial charge in [0.25, 0.3) is 0 Å². The van der Waals surface area contributed by atoms with Crippen LogP contribution >= 0.6 is 22.9 Å². The van der Waals surface area contributed by atoms with Gasteiger partial charge in [0.15, 0.2) is 0 Å². The Kier molecular flexibility index (Phi) is 2.29. The van der Waals surface area contributed by atoms with Crippen LogP contribution in [0.4, 0.5) is 0 Å². The van der Waals surface area contributed by atoms with E-state index in [1.54, 1.807) is 11.4 Å². The second kappa shape index (κ2) is 3.03. The number of hydrogen-bond donors (Lipinski definition) is 1. The van der Waals surface area contributed by atoms with Gasteiger partial charge in [0.05, 0.1) is 11.4 Å². The molecule has 1 heterocycles. The number of aromatic carboxylic acids is 1. The van der Waals surface area contributed by atoms with E-state index in [0.717, 1.165) is 4.88 Å². The number of carboxylic acids is 1. The first-order valence-corrected chi connectivity index (χ1v) is 4.02. The minimum absolute atomic E-state index is 0.320. The number of rotatable bonds is 2. The van der Waals surface area contributed by atoms with Crippen LogP contribution in [0.5, 0.6) is 0 Å². The fourth-order valence-corrected chi connectivity index (χ4v) is 1.53. The lowest BCUT2D eigenvalue weighted by Gasteiger charge is -1.81. The van der Waals surface area contributed by atoms with Crippen LogP contribution in [0.3, 0.4) is 0 Å². The Balaban J connectivity index is 2.88. The molecule has 1 aromatic rings. The van der Waals surface area contributed by atoms with Gasteiger partial charge in [-0.05, 0) is 6.07 Å². The molecule has 2 nitrogen and oxygen atoms in total. The number of carboxylic acid groups (broad SMARTS) is 1. The molecule has 1 aromatic heterocycles. The lowest BCUT2D eigenvalue weighted by atomic mass is 10.3. The van der Waals surface area contributed by atoms with Crippen molar-refractivity contribution < 1.29 is 9.90 Å². The molecule has 0 radical (unpaired) electrons. The lowest BCUT2D eigenvalue weighted by molar-refractivity contribution is 0.0697. The van der Waals surface area contributed by atoms with Crippen molar-refractivity contribution in [3.05, 3.63) is 21.9 Å². The van der Waals surface area contributed by atoms with E-state index in [1.807, 2.05) is 0 Å². The van der Waals surface area contributed by atoms with Crippen LogP contribution in [0.2, 0.25) is 0 Å². The van der Waals surface area contributed by atoms with E-state index in [2.05, 4.69) is 0 Å². The molecule has 0 unspecified atom stereocenters. The first-order valence-electron chi connectivity index (χ1n) is 2.60. The van der Waals surface area contributed by atoms with Crippen LogP contribution in [0.15, 0.2) is 11.4 Å². The zero-order valence-electron chi connectivity index (χ0n) is 5.00. The molecule has 0 fully saturated rings. The van der Waals surface area contributed by atoms with Crippen LogP contribution in [0, 0.1) is 0 Å². The highest BCUT2D eigenvalue weighted by Gasteiger charge is 2.04. The average molecular weight is 177 g/mol. The number of carbonyl (C=O) groups is 1. The van der Waals surface area contributed by atoms with Gasteiger partial charge in [-0.3, -0.25) is 0 Å². The number of hydrogen-bond acceptors (Lipinski definition) is 2. The van der Waals surface area contributed by atoms with Crippen LogP contribution in [0.1, 0.15) is 15.2 Å². The molecule has 4 heteroatoms. The lowest BCUT2D eigenvalue weighted by Crippen LogP contribution is -1.91. The molecule has 0 saturated heterocycles. The van der Waals surface area contributed by atoms with Crippen LogP contribution in [-0.4, -0.2) is 11.1 Å². The molecular weight excluding hydrogens is 172 g/mol. The maximum absolute atomic E-state index is 10.3. The summed E-state index contributed by atoms with van der Waals surface area (Å²) in [4.78, 5) is 11.2. The van der Waals surface area contributed by atoms with Crippen molar-refractivity contribution in [3.63, 3.8) is 0 Å². The van der Waals surface area contributed by atoms with Crippen molar-refractivity contribution in [1.82, 2.24) is 0 Å². The molecule has 54 valence electrons. The van der Waals surface area contributed by atoms with Crippen LogP contribution in [0.25, 0.3) is 0 Å². The van der Waals surface area contributed by atoms with Crippen molar-refractivity contribution in [2.24, 2.45) is 0 Å². The highest BCUT2D eigenvalue weighted by atomic mass is 35.5. The van der Waals surface area contributed by atoms with Crippen molar-refractivity contribution in [3.8, 4) is 0 Å². The maximum Gasteiger partial charge on any atom is 0.336 e. The summed E-state index contributed by atoms with van der Waals surface area (Å²) in [6.45, 7) is 0. The number of alkyl halides is 1. The number of thiophene rings is 1. The first-order chi connectivity index (χ1) is 4.74. The minimum atomic E-state index is -0.896. The molecule has 1 rings (SSSR count). The highest BCUT2D eigenvalue weighted by Crippen LogP contribution is 2.16. The second-order valence-electron chi connectivity index (χ2n) is 1.74. The van der Waals surface area contributed by atoms with E-state index < -0.39 is 5.97 Å². The average Bonchev–Trinajstić information content (AvgIpc) is 2.34. The van der Waals surface area contributed by atoms with Crippen molar-refractivity contribution >= 4 is 28.9 Å². The predicted molar refractivity (Wildman–Crippen MR) is 40.8 cm³/mol. The third-order valence-electron chi connectivity index (χ3n) is 1.03. The van der Waals surface area contributed by atoms with Crippen LogP contribution < -0.4 is 0 Å². The molecule has 0 bridgehead atoms. The van der Waals surface area contributed by atoms with Crippen molar-refractivity contribution in [2.75, 3.05) is 0 Å². The zero-order chi connectivity index (χ0) is 7.56. The van der Waals surface area contributed by atoms with Crippen LogP contribution in [-0.2, 0) is 5.88 Å². The van der Waals surface area contributed by atoms with Gasteiger partial charge in [0.1, 0.15) is 0 Å². The summed E-state index contributed by atoms with van der Waals surface area (Å²) in [5, 5.41) is 10.0. The Labute approximate surface area is 67.1 Å². The van der Waals surface area contributed by atoms with Gasteiger partial charge in [0.2, 0.25) is 0 Å². The van der Waals surface area contributed by atoms with E-state index in [9.17, 15) is 4.79 Å². The molecule has 0 atom stereocenters. The van der Waals surface area contributed by atoms with Gasteiger partial charge >= 0.3 is 5.97 Å². The zero-order valence-corrected chi connectivity index (χ0v) is 6.58. The highest BCUT2D eigenvalue weighted by molar-refractivity contribution is 7.10. The standard InChI is InChI=1S/C6H5ClO2S/c7-2-5-1-4(3-10-5)6(8)9/h1,3H,2H2,(H,8,9). The minimum Gasteiger partial charge on any atom is -0.478 e. The quantitative estimate of drug-likeness (QED) is 0.702. The molecule has 0 aliphatic rings. The topological polar surface area (TPSA) is 37.3 Å². The van der Waals surface area contributed by atoms with Crippen molar-refractivity contribution in [2.45, 2.75) is 5.88 Å². The molecule has 0 saturated carbocycles. The van der Waals surface area contributed by atoms with E-state index in [-0.39, 0.29) is 0 Å². The Morgan fingerprint density at radius 2 is 2.50 bits per heavy atom. The van der Waals surface area contributed by atoms with Gasteiger partial charge < -0.3 is 5.11 Å². The summed E-state index contributed by atoms with van der Waals surface area (Å²) in [5.74, 6) is -0.509. The van der Waals surface area contributed by atoms with Gasteiger partial charge in [-0.15, -0.1) is 22.9 Å². The Hall–Kier alpha value is -0.540. The molecule has 0 spiro atoms. The second-order valence-corrected chi connectivity index (χ2v) is 3.00. The fourth-order valence-electron chi connectivity index (χ4n) is 0.563. The summed E-state index contributed by atoms with van der Waals surface area (Å²) >= 11 is 6.83. The van der Waals surface area contributed by atoms with E-state index in [1.165, 1.54) is 11.3 Å². The molecule has 1 N–H and O–H groups in total. The summed E-state index contributed by atoms with van der Waals surface area (Å²) in [6, 6.07) is 1.58. The summed E-state index contributed by atoms with van der Waals surface area (Å²) < 4.78 is 0. The Morgan fingerprint density at radius 3 is 2.80 bits per heavy atom. The maximum atomic E-state index is 10.3. The number of halogens is 1. The summed E-state index contributed by atoms with van der Waals surface area (Å²) in [7, 11) is 0. The monoisotopic (exact) mass is 176 g/mol. The van der Waals surface area contributed by atoms with Gasteiger partial charge in [-0.2, -0.15) is 0 Å². The first kappa shape index (κ1) is 7.57. The molecule has 0 aromatic carbocycles. The van der Waals surface area contributed by atoms with E-state index in [4.69, 9.17) is 16.7 Å². The van der Waals surface area contributed by atoms with Crippen molar-refractivity contribution in [1.29, 1.82) is 0 Å². The third kappa shape index (κ3) is 1.49. The molecule has 0 aliphatic heterocycles. The van der Waals surface area contributed by atoms with E-state index in [0.29, 0.717) is 11.4 Å². The molecule has 10 heavy (non-hydrogen) atoms. The molecule has 0 aliphatic carbocycles. The predicted octanol–water partition coefficient (Wildman–Crippen LogP) is 2.19. The normalized spacial score (nSPS) is 9.70. The smallest absolute Gasteiger partial charge is 0.336 e. The third-order valence-corrected chi connectivity index (χ3v) is 2.42. The largest absolute Gasteiger partial charge is 0.478 e. The summed E-state index contributed by atoms with van der Waals surface area (Å²) in [5.41, 5.74) is 0.320. The SMILES string of the molecule is O=C(O)c1csc(CCl)c1. The Morgan fingerprint density at radius 1 is 1.80 bits per heavy atom. The molecular formula is C6H5ClO2S. The van der Waals surface area contributed by atoms with E-state index >= 15 is 0 Å². The van der Waals surface area contributed by atoms with Gasteiger partial charge in [-0.25, -0.2) is 4.79 Å². The molecule has 0 amide bonds. The Bertz CT molecular complexity index is 244. The summed E-state index contributed by atoms with van der Waals surface area (Å²) in [6.07, 6.45) is 0. The van der Waals surface area contributed by atoms with Gasteiger partial charge in [0, 0.05) is 10.3 Å².